The minimum absolute atomic E-state index is 0.319. The van der Waals surface area contributed by atoms with Gasteiger partial charge in [-0.05, 0) is 48.5 Å². The largest absolute Gasteiger partial charge is 0.497 e. The van der Waals surface area contributed by atoms with Gasteiger partial charge >= 0.3 is 11.9 Å². The van der Waals surface area contributed by atoms with Crippen LogP contribution in [0.3, 0.4) is 0 Å². The summed E-state index contributed by atoms with van der Waals surface area (Å²) in [5.74, 6) is 1.91. The van der Waals surface area contributed by atoms with E-state index in [9.17, 15) is 9.59 Å². The molecule has 0 unspecified atom stereocenters. The molecular weight excluding hydrogens is 312 g/mol. The normalized spacial score (nSPS) is 9.17. The Hall–Kier alpha value is -3.02. The Morgan fingerprint density at radius 1 is 0.583 bits per heavy atom. The van der Waals surface area contributed by atoms with Crippen molar-refractivity contribution in [2.24, 2.45) is 0 Å². The molecule has 0 aliphatic carbocycles. The molecular formula is C18H20O6. The van der Waals surface area contributed by atoms with Gasteiger partial charge in [-0.3, -0.25) is 9.59 Å². The number of esters is 2. The molecule has 128 valence electrons. The van der Waals surface area contributed by atoms with Gasteiger partial charge in [-0.25, -0.2) is 0 Å². The monoisotopic (exact) mass is 332 g/mol. The highest BCUT2D eigenvalue weighted by atomic mass is 16.5. The fourth-order valence-corrected chi connectivity index (χ4v) is 1.62. The van der Waals surface area contributed by atoms with Crippen LogP contribution in [0.2, 0.25) is 0 Å². The van der Waals surface area contributed by atoms with Crippen molar-refractivity contribution in [3.05, 3.63) is 48.5 Å². The van der Waals surface area contributed by atoms with E-state index in [1.165, 1.54) is 13.8 Å². The topological polar surface area (TPSA) is 71.1 Å². The van der Waals surface area contributed by atoms with Crippen LogP contribution in [0.1, 0.15) is 13.8 Å². The number of carbonyl (C=O) groups is 2. The fraction of sp³-hybridized carbons (Fsp3) is 0.222. The summed E-state index contributed by atoms with van der Waals surface area (Å²) in [7, 11) is 3.17. The van der Waals surface area contributed by atoms with E-state index in [0.717, 1.165) is 11.5 Å². The Labute approximate surface area is 140 Å². The van der Waals surface area contributed by atoms with Gasteiger partial charge < -0.3 is 18.9 Å². The molecule has 6 nitrogen and oxygen atoms in total. The molecule has 0 aliphatic heterocycles. The lowest BCUT2D eigenvalue weighted by Gasteiger charge is -2.01. The van der Waals surface area contributed by atoms with Crippen LogP contribution >= 0.6 is 0 Å². The number of benzene rings is 2. The lowest BCUT2D eigenvalue weighted by atomic mass is 10.3. The van der Waals surface area contributed by atoms with Crippen LogP contribution in [0.5, 0.6) is 23.0 Å². The Morgan fingerprint density at radius 2 is 0.833 bits per heavy atom. The summed E-state index contributed by atoms with van der Waals surface area (Å²) in [6.45, 7) is 2.73. The van der Waals surface area contributed by atoms with E-state index in [1.54, 1.807) is 62.8 Å². The van der Waals surface area contributed by atoms with E-state index in [2.05, 4.69) is 0 Å². The number of methoxy groups -OCH3 is 2. The van der Waals surface area contributed by atoms with Crippen molar-refractivity contribution < 1.29 is 28.5 Å². The molecule has 0 bridgehead atoms. The van der Waals surface area contributed by atoms with Crippen LogP contribution in [0.4, 0.5) is 0 Å². The molecule has 2 aromatic carbocycles. The molecule has 0 saturated heterocycles. The van der Waals surface area contributed by atoms with Gasteiger partial charge in [0, 0.05) is 13.8 Å². The van der Waals surface area contributed by atoms with E-state index in [1.807, 2.05) is 0 Å². The Kier molecular flexibility index (Phi) is 7.84. The van der Waals surface area contributed by atoms with Crippen molar-refractivity contribution in [1.82, 2.24) is 0 Å². The molecule has 2 aromatic rings. The zero-order chi connectivity index (χ0) is 17.9. The first-order valence-corrected chi connectivity index (χ1v) is 7.09. The molecule has 0 N–H and O–H groups in total. The van der Waals surface area contributed by atoms with Crippen molar-refractivity contribution >= 4 is 11.9 Å². The summed E-state index contributed by atoms with van der Waals surface area (Å²) in [5.41, 5.74) is 0. The van der Waals surface area contributed by atoms with E-state index in [4.69, 9.17) is 18.9 Å². The minimum atomic E-state index is -0.319. The number of ether oxygens (including phenoxy) is 4. The second kappa shape index (κ2) is 9.89. The van der Waals surface area contributed by atoms with Gasteiger partial charge in [-0.1, -0.05) is 0 Å². The van der Waals surface area contributed by atoms with Gasteiger partial charge in [0.1, 0.15) is 23.0 Å². The summed E-state index contributed by atoms with van der Waals surface area (Å²) in [5, 5.41) is 0. The zero-order valence-electron chi connectivity index (χ0n) is 14.1. The van der Waals surface area contributed by atoms with Gasteiger partial charge in [0.05, 0.1) is 14.2 Å². The maximum atomic E-state index is 10.5. The molecule has 0 radical (unpaired) electrons. The molecule has 24 heavy (non-hydrogen) atoms. The molecule has 0 fully saturated rings. The highest BCUT2D eigenvalue weighted by Gasteiger charge is 1.97. The smallest absolute Gasteiger partial charge is 0.308 e. The van der Waals surface area contributed by atoms with Gasteiger partial charge in [-0.2, -0.15) is 0 Å². The predicted octanol–water partition coefficient (Wildman–Crippen LogP) is 3.24. The molecule has 0 aliphatic rings. The average molecular weight is 332 g/mol. The van der Waals surface area contributed by atoms with Crippen LogP contribution in [0.25, 0.3) is 0 Å². The van der Waals surface area contributed by atoms with Crippen LogP contribution < -0.4 is 18.9 Å². The molecule has 0 aromatic heterocycles. The summed E-state index contributed by atoms with van der Waals surface area (Å²) in [6.07, 6.45) is 0. The van der Waals surface area contributed by atoms with Crippen molar-refractivity contribution in [2.45, 2.75) is 13.8 Å². The number of hydrogen-bond donors (Lipinski definition) is 0. The van der Waals surface area contributed by atoms with Gasteiger partial charge in [0.15, 0.2) is 0 Å². The first-order valence-electron chi connectivity index (χ1n) is 7.09. The van der Waals surface area contributed by atoms with Crippen molar-refractivity contribution in [1.29, 1.82) is 0 Å². The summed E-state index contributed by atoms with van der Waals surface area (Å²) >= 11 is 0. The van der Waals surface area contributed by atoms with Crippen LogP contribution in [-0.4, -0.2) is 26.2 Å². The minimum Gasteiger partial charge on any atom is -0.497 e. The van der Waals surface area contributed by atoms with Gasteiger partial charge in [0.2, 0.25) is 0 Å². The highest BCUT2D eigenvalue weighted by Crippen LogP contribution is 2.17. The highest BCUT2D eigenvalue weighted by molar-refractivity contribution is 5.69. The zero-order valence-corrected chi connectivity index (χ0v) is 14.1. The average Bonchev–Trinajstić information content (AvgIpc) is 2.56. The Bertz CT molecular complexity index is 587. The maximum Gasteiger partial charge on any atom is 0.308 e. The lowest BCUT2D eigenvalue weighted by Crippen LogP contribution is -2.00. The molecule has 0 saturated carbocycles. The van der Waals surface area contributed by atoms with Crippen LogP contribution in [0.15, 0.2) is 48.5 Å². The summed E-state index contributed by atoms with van der Waals surface area (Å²) in [4.78, 5) is 21.0. The standard InChI is InChI=1S/2C9H10O3/c2*1-7(10)12-9-5-3-8(11-2)4-6-9/h2*3-6H,1-2H3. The van der Waals surface area contributed by atoms with Crippen molar-refractivity contribution in [3.8, 4) is 23.0 Å². The van der Waals surface area contributed by atoms with Crippen LogP contribution in [0, 0.1) is 0 Å². The molecule has 2 rings (SSSR count). The van der Waals surface area contributed by atoms with E-state index < -0.39 is 0 Å². The third kappa shape index (κ3) is 7.31. The van der Waals surface area contributed by atoms with Crippen LogP contribution in [-0.2, 0) is 9.59 Å². The maximum absolute atomic E-state index is 10.5. The van der Waals surface area contributed by atoms with E-state index in [0.29, 0.717) is 11.5 Å². The van der Waals surface area contributed by atoms with Gasteiger partial charge in [-0.15, -0.1) is 0 Å². The van der Waals surface area contributed by atoms with E-state index in [-0.39, 0.29) is 11.9 Å². The third-order valence-corrected chi connectivity index (χ3v) is 2.64. The second-order valence-corrected chi connectivity index (χ2v) is 4.54. The number of rotatable bonds is 4. The summed E-state index contributed by atoms with van der Waals surface area (Å²) < 4.78 is 19.5. The Balaban J connectivity index is 0.000000240. The SMILES string of the molecule is COc1ccc(OC(C)=O)cc1.COc1ccc(OC(C)=O)cc1. The Morgan fingerprint density at radius 3 is 1.04 bits per heavy atom. The lowest BCUT2D eigenvalue weighted by molar-refractivity contribution is -0.132. The molecule has 0 spiro atoms. The summed E-state index contributed by atoms with van der Waals surface area (Å²) in [6, 6.07) is 13.7. The first kappa shape index (κ1) is 19.0. The van der Waals surface area contributed by atoms with E-state index >= 15 is 0 Å². The quantitative estimate of drug-likeness (QED) is 0.632. The number of hydrogen-bond acceptors (Lipinski definition) is 6. The number of carbonyl (C=O) groups excluding carboxylic acids is 2. The second-order valence-electron chi connectivity index (χ2n) is 4.54. The fourth-order valence-electron chi connectivity index (χ4n) is 1.62. The molecule has 0 amide bonds. The third-order valence-electron chi connectivity index (χ3n) is 2.64. The molecule has 0 atom stereocenters. The van der Waals surface area contributed by atoms with Gasteiger partial charge in [0.25, 0.3) is 0 Å². The molecule has 0 heterocycles. The van der Waals surface area contributed by atoms with Crippen molar-refractivity contribution in [3.63, 3.8) is 0 Å². The molecule has 6 heteroatoms. The first-order chi connectivity index (χ1) is 11.4. The predicted molar refractivity (Wildman–Crippen MR) is 88.6 cm³/mol. The van der Waals surface area contributed by atoms with Crippen molar-refractivity contribution in [2.75, 3.05) is 14.2 Å².